The molecule has 1 unspecified atom stereocenters. The maximum absolute atomic E-state index is 9.24. The van der Waals surface area contributed by atoms with E-state index in [4.69, 9.17) is 4.74 Å². The summed E-state index contributed by atoms with van der Waals surface area (Å²) in [7, 11) is 0. The highest BCUT2D eigenvalue weighted by molar-refractivity contribution is 5.39. The topological polar surface area (TPSA) is 41.5 Å². The van der Waals surface area contributed by atoms with Crippen LogP contribution in [-0.4, -0.2) is 30.9 Å². The van der Waals surface area contributed by atoms with Crippen LogP contribution in [0.1, 0.15) is 30.9 Å². The number of ether oxygens (including phenoxy) is 1. The predicted molar refractivity (Wildman–Crippen MR) is 75.2 cm³/mol. The first-order valence-electron chi connectivity index (χ1n) is 6.72. The molecule has 1 atom stereocenters. The van der Waals surface area contributed by atoms with Crippen LogP contribution in [0.5, 0.6) is 5.75 Å². The molecule has 2 N–H and O–H groups in total. The summed E-state index contributed by atoms with van der Waals surface area (Å²) in [5, 5.41) is 12.5. The molecule has 0 bridgehead atoms. The van der Waals surface area contributed by atoms with Crippen molar-refractivity contribution in [2.24, 2.45) is 0 Å². The van der Waals surface area contributed by atoms with E-state index in [1.807, 2.05) is 6.07 Å². The van der Waals surface area contributed by atoms with Crippen LogP contribution in [0.4, 0.5) is 0 Å². The number of nitrogens with one attached hydrogen (secondary N) is 1. The maximum atomic E-state index is 9.24. The molecule has 0 aromatic heterocycles. The first-order valence-corrected chi connectivity index (χ1v) is 6.72. The van der Waals surface area contributed by atoms with Crippen molar-refractivity contribution in [1.82, 2.24) is 5.32 Å². The van der Waals surface area contributed by atoms with Gasteiger partial charge in [-0.3, -0.25) is 0 Å². The van der Waals surface area contributed by atoms with E-state index in [1.54, 1.807) is 0 Å². The van der Waals surface area contributed by atoms with E-state index in [0.29, 0.717) is 6.61 Å². The molecule has 1 aromatic rings. The van der Waals surface area contributed by atoms with E-state index in [0.717, 1.165) is 36.3 Å². The Morgan fingerprint density at radius 3 is 2.50 bits per heavy atom. The second-order valence-electron chi connectivity index (χ2n) is 4.69. The fourth-order valence-corrected chi connectivity index (χ4v) is 1.94. The number of para-hydroxylation sites is 1. The van der Waals surface area contributed by atoms with Crippen LogP contribution in [0.3, 0.4) is 0 Å². The number of aliphatic hydroxyl groups excluding tert-OH is 1. The van der Waals surface area contributed by atoms with Crippen molar-refractivity contribution in [3.05, 3.63) is 29.3 Å². The molecule has 3 nitrogen and oxygen atoms in total. The molecule has 0 spiro atoms. The predicted octanol–water partition coefficient (Wildman–Crippen LogP) is 2.43. The van der Waals surface area contributed by atoms with E-state index in [2.05, 4.69) is 38.2 Å². The van der Waals surface area contributed by atoms with Gasteiger partial charge < -0.3 is 15.2 Å². The van der Waals surface area contributed by atoms with Crippen molar-refractivity contribution < 1.29 is 9.84 Å². The average Bonchev–Trinajstić information content (AvgIpc) is 2.36. The van der Waals surface area contributed by atoms with E-state index in [1.165, 1.54) is 0 Å². The Hall–Kier alpha value is -1.06. The van der Waals surface area contributed by atoms with Gasteiger partial charge in [-0.15, -0.1) is 0 Å². The molecule has 3 heteroatoms. The van der Waals surface area contributed by atoms with E-state index < -0.39 is 0 Å². The SMILES string of the molecule is CCCNC(CO)CCOc1c(C)cccc1C. The smallest absolute Gasteiger partial charge is 0.125 e. The van der Waals surface area contributed by atoms with E-state index in [-0.39, 0.29) is 12.6 Å². The first-order chi connectivity index (χ1) is 8.69. The van der Waals surface area contributed by atoms with E-state index >= 15 is 0 Å². The fraction of sp³-hybridized carbons (Fsp3) is 0.600. The van der Waals surface area contributed by atoms with Crippen LogP contribution in [0.25, 0.3) is 0 Å². The normalized spacial score (nSPS) is 12.4. The Balaban J connectivity index is 2.40. The number of aryl methyl sites for hydroxylation is 2. The van der Waals surface area contributed by atoms with Crippen molar-refractivity contribution >= 4 is 0 Å². The third-order valence-electron chi connectivity index (χ3n) is 3.02. The Morgan fingerprint density at radius 2 is 1.94 bits per heavy atom. The minimum Gasteiger partial charge on any atom is -0.493 e. The van der Waals surface area contributed by atoms with Gasteiger partial charge in [-0.25, -0.2) is 0 Å². The van der Waals surface area contributed by atoms with E-state index in [9.17, 15) is 5.11 Å². The molecule has 0 aliphatic heterocycles. The first kappa shape index (κ1) is 15.0. The highest BCUT2D eigenvalue weighted by Gasteiger charge is 2.08. The molecule has 102 valence electrons. The minimum absolute atomic E-state index is 0.134. The molecular weight excluding hydrogens is 226 g/mol. The highest BCUT2D eigenvalue weighted by atomic mass is 16.5. The van der Waals surface area contributed by atoms with Crippen molar-refractivity contribution in [2.45, 2.75) is 39.7 Å². The van der Waals surface area contributed by atoms with Crippen molar-refractivity contribution in [3.63, 3.8) is 0 Å². The highest BCUT2D eigenvalue weighted by Crippen LogP contribution is 2.22. The van der Waals surface area contributed by atoms with Crippen LogP contribution in [0.2, 0.25) is 0 Å². The maximum Gasteiger partial charge on any atom is 0.125 e. The third-order valence-corrected chi connectivity index (χ3v) is 3.02. The molecule has 1 rings (SSSR count). The fourth-order valence-electron chi connectivity index (χ4n) is 1.94. The number of hydrogen-bond donors (Lipinski definition) is 2. The van der Waals surface area contributed by atoms with Gasteiger partial charge >= 0.3 is 0 Å². The average molecular weight is 251 g/mol. The Labute approximate surface area is 110 Å². The molecule has 18 heavy (non-hydrogen) atoms. The lowest BCUT2D eigenvalue weighted by Gasteiger charge is -2.17. The molecule has 0 heterocycles. The monoisotopic (exact) mass is 251 g/mol. The molecule has 0 saturated carbocycles. The lowest BCUT2D eigenvalue weighted by atomic mass is 10.1. The molecular formula is C15H25NO2. The molecule has 0 aliphatic carbocycles. The summed E-state index contributed by atoms with van der Waals surface area (Å²) in [6.07, 6.45) is 1.90. The summed E-state index contributed by atoms with van der Waals surface area (Å²) in [6.45, 7) is 7.97. The van der Waals surface area contributed by atoms with Gasteiger partial charge in [0.05, 0.1) is 13.2 Å². The number of hydrogen-bond acceptors (Lipinski definition) is 3. The van der Waals surface area contributed by atoms with Gasteiger partial charge in [0.15, 0.2) is 0 Å². The zero-order valence-electron chi connectivity index (χ0n) is 11.7. The Morgan fingerprint density at radius 1 is 1.28 bits per heavy atom. The van der Waals surface area contributed by atoms with Crippen LogP contribution in [-0.2, 0) is 0 Å². The summed E-state index contributed by atoms with van der Waals surface area (Å²) in [6, 6.07) is 6.29. The Bertz CT molecular complexity index is 332. The summed E-state index contributed by atoms with van der Waals surface area (Å²) in [5.41, 5.74) is 2.33. The molecule has 1 aromatic carbocycles. The summed E-state index contributed by atoms with van der Waals surface area (Å²) >= 11 is 0. The number of benzene rings is 1. The molecule has 0 saturated heterocycles. The summed E-state index contributed by atoms with van der Waals surface area (Å²) < 4.78 is 5.83. The van der Waals surface area contributed by atoms with Gasteiger partial charge in [-0.1, -0.05) is 25.1 Å². The lowest BCUT2D eigenvalue weighted by molar-refractivity contribution is 0.208. The second-order valence-corrected chi connectivity index (χ2v) is 4.69. The largest absolute Gasteiger partial charge is 0.493 e. The van der Waals surface area contributed by atoms with Gasteiger partial charge in [-0.05, 0) is 44.4 Å². The van der Waals surface area contributed by atoms with Crippen LogP contribution in [0, 0.1) is 13.8 Å². The molecule has 0 amide bonds. The van der Waals surface area contributed by atoms with Crippen LogP contribution in [0.15, 0.2) is 18.2 Å². The lowest BCUT2D eigenvalue weighted by Crippen LogP contribution is -2.34. The molecule has 0 radical (unpaired) electrons. The zero-order valence-corrected chi connectivity index (χ0v) is 11.7. The van der Waals surface area contributed by atoms with Gasteiger partial charge in [-0.2, -0.15) is 0 Å². The van der Waals surface area contributed by atoms with Crippen molar-refractivity contribution in [2.75, 3.05) is 19.8 Å². The number of rotatable bonds is 8. The second kappa shape index (κ2) is 8.11. The van der Waals surface area contributed by atoms with Crippen molar-refractivity contribution in [3.8, 4) is 5.75 Å². The standard InChI is InChI=1S/C15H25NO2/c1-4-9-16-14(11-17)8-10-18-15-12(2)6-5-7-13(15)3/h5-7,14,16-17H,4,8-11H2,1-3H3. The van der Waals surface area contributed by atoms with Gasteiger partial charge in [0.1, 0.15) is 5.75 Å². The zero-order chi connectivity index (χ0) is 13.4. The minimum atomic E-state index is 0.134. The summed E-state index contributed by atoms with van der Waals surface area (Å²) in [5.74, 6) is 0.977. The van der Waals surface area contributed by atoms with Gasteiger partial charge in [0.2, 0.25) is 0 Å². The molecule has 0 fully saturated rings. The van der Waals surface area contributed by atoms with Gasteiger partial charge in [0, 0.05) is 6.04 Å². The van der Waals surface area contributed by atoms with Crippen LogP contribution >= 0.6 is 0 Å². The van der Waals surface area contributed by atoms with Crippen LogP contribution < -0.4 is 10.1 Å². The summed E-state index contributed by atoms with van der Waals surface area (Å²) in [4.78, 5) is 0. The third kappa shape index (κ3) is 4.67. The van der Waals surface area contributed by atoms with Gasteiger partial charge in [0.25, 0.3) is 0 Å². The number of aliphatic hydroxyl groups is 1. The molecule has 0 aliphatic rings. The van der Waals surface area contributed by atoms with Crippen molar-refractivity contribution in [1.29, 1.82) is 0 Å². The Kier molecular flexibility index (Phi) is 6.76. The quantitative estimate of drug-likeness (QED) is 0.745.